The molecule has 3 aliphatic rings. The summed E-state index contributed by atoms with van der Waals surface area (Å²) in [6.45, 7) is 13.1. The van der Waals surface area contributed by atoms with Crippen molar-refractivity contribution >= 4 is 17.4 Å². The van der Waals surface area contributed by atoms with Crippen molar-refractivity contribution in [1.29, 1.82) is 0 Å². The van der Waals surface area contributed by atoms with Crippen molar-refractivity contribution in [3.05, 3.63) is 71.2 Å². The molecule has 5 heterocycles. The molecule has 4 aromatic rings. The Balaban J connectivity index is 1.58. The maximum atomic E-state index is 14.7. The van der Waals surface area contributed by atoms with Gasteiger partial charge in [-0.1, -0.05) is 18.2 Å². The van der Waals surface area contributed by atoms with E-state index in [4.69, 9.17) is 19.2 Å². The van der Waals surface area contributed by atoms with Crippen molar-refractivity contribution in [3.63, 3.8) is 0 Å². The van der Waals surface area contributed by atoms with Gasteiger partial charge in [-0.05, 0) is 109 Å². The van der Waals surface area contributed by atoms with E-state index >= 15 is 0 Å². The minimum atomic E-state index is -1.29. The van der Waals surface area contributed by atoms with Gasteiger partial charge in [0, 0.05) is 48.1 Å². The van der Waals surface area contributed by atoms with Gasteiger partial charge in [0.1, 0.15) is 23.0 Å². The van der Waals surface area contributed by atoms with Crippen LogP contribution in [0, 0.1) is 12.7 Å². The van der Waals surface area contributed by atoms with E-state index in [2.05, 4.69) is 11.8 Å². The summed E-state index contributed by atoms with van der Waals surface area (Å²) in [5.74, 6) is -0.178. The van der Waals surface area contributed by atoms with Crippen LogP contribution in [0.4, 0.5) is 10.2 Å². The lowest BCUT2D eigenvalue weighted by molar-refractivity contribution is -0.160. The minimum absolute atomic E-state index is 0.0695. The van der Waals surface area contributed by atoms with Crippen molar-refractivity contribution in [2.45, 2.75) is 104 Å². The Morgan fingerprint density at radius 1 is 1.14 bits per heavy atom. The molecule has 9 nitrogen and oxygen atoms in total. The molecule has 0 unspecified atom stereocenters. The molecule has 0 aliphatic carbocycles. The number of carboxylic acid groups (broad SMARTS) is 1. The summed E-state index contributed by atoms with van der Waals surface area (Å²) in [4.78, 5) is 20.2. The summed E-state index contributed by atoms with van der Waals surface area (Å²) >= 11 is 0. The summed E-state index contributed by atoms with van der Waals surface area (Å²) < 4.78 is 35.7. The quantitative estimate of drug-likeness (QED) is 0.226. The summed E-state index contributed by atoms with van der Waals surface area (Å²) in [6, 6.07) is 12.3. The Bertz CT molecular complexity index is 1840. The smallest absolute Gasteiger partial charge is 0.337 e. The maximum Gasteiger partial charge on any atom is 0.337 e. The number of carbonyl (C=O) groups is 1. The number of imidazole rings is 1. The lowest BCUT2D eigenvalue weighted by atomic mass is 9.91. The number of halogens is 1. The lowest BCUT2D eigenvalue weighted by Crippen LogP contribution is -2.45. The SMILES string of the molecule is Cc1c([C@H](OC(C)(C)C)C(=O)O)c2n3cc(nc3c1CO)-c1cccc(c1)-c1cc(F)ccc1O[C@H](C)CCCCOC1(C)CCN2CC1. The number of benzene rings is 2. The average Bonchev–Trinajstić information content (AvgIpc) is 3.48. The van der Waals surface area contributed by atoms with Gasteiger partial charge in [0.2, 0.25) is 0 Å². The zero-order valence-electron chi connectivity index (χ0n) is 29.4. The number of fused-ring (bicyclic) bond motifs is 8. The first kappa shape index (κ1) is 34.9. The predicted octanol–water partition coefficient (Wildman–Crippen LogP) is 7.88. The monoisotopic (exact) mass is 673 g/mol. The molecule has 262 valence electrons. The molecule has 2 atom stereocenters. The van der Waals surface area contributed by atoms with Crippen LogP contribution in [0.1, 0.15) is 89.5 Å². The predicted molar refractivity (Wildman–Crippen MR) is 188 cm³/mol. The van der Waals surface area contributed by atoms with E-state index in [1.54, 1.807) is 6.07 Å². The van der Waals surface area contributed by atoms with Crippen LogP contribution in [0.2, 0.25) is 0 Å². The fraction of sp³-hybridized carbons (Fsp3) is 0.487. The van der Waals surface area contributed by atoms with Gasteiger partial charge in [-0.3, -0.25) is 4.40 Å². The molecule has 0 saturated carbocycles. The van der Waals surface area contributed by atoms with Gasteiger partial charge in [-0.15, -0.1) is 0 Å². The number of aliphatic hydroxyl groups excluding tert-OH is 1. The summed E-state index contributed by atoms with van der Waals surface area (Å²) in [5, 5.41) is 21.3. The molecular weight excluding hydrogens is 625 g/mol. The van der Waals surface area contributed by atoms with Crippen LogP contribution in [0.15, 0.2) is 48.7 Å². The molecule has 1 saturated heterocycles. The second-order valence-corrected chi connectivity index (χ2v) is 14.7. The number of aliphatic carboxylic acids is 1. The Hall–Kier alpha value is -3.99. The Morgan fingerprint density at radius 3 is 2.57 bits per heavy atom. The normalized spacial score (nSPS) is 21.0. The van der Waals surface area contributed by atoms with Crippen LogP contribution in [-0.2, 0) is 20.9 Å². The Kier molecular flexibility index (Phi) is 9.77. The van der Waals surface area contributed by atoms with Crippen LogP contribution >= 0.6 is 0 Å². The standard InChI is InChI=1S/C39H48FN3O6/c1-24-10-7-8-19-47-39(6)15-17-42(18-16-39)36-33(34(37(45)46)49-38(3,4)5)25(2)30(23-44)35-41-31(22-43(35)36)27-12-9-11-26(20-27)29-21-28(40)13-14-32(29)48-24/h9,11-14,20-22,24,34,44H,7-8,10,15-19,23H2,1-6H3,(H,45,46)/t24-,34+/m1/s1. The fourth-order valence-corrected chi connectivity index (χ4v) is 7.07. The topological polar surface area (TPSA) is 106 Å². The summed E-state index contributed by atoms with van der Waals surface area (Å²) in [7, 11) is 0. The Labute approximate surface area is 287 Å². The van der Waals surface area contributed by atoms with E-state index in [1.165, 1.54) is 12.1 Å². The zero-order chi connectivity index (χ0) is 35.1. The summed E-state index contributed by atoms with van der Waals surface area (Å²) in [6.07, 6.45) is 4.70. The summed E-state index contributed by atoms with van der Waals surface area (Å²) in [5.41, 5.74) is 3.96. The number of aromatic nitrogens is 2. The first-order valence-corrected chi connectivity index (χ1v) is 17.3. The highest BCUT2D eigenvalue weighted by Gasteiger charge is 2.38. The van der Waals surface area contributed by atoms with Crippen molar-refractivity contribution in [1.82, 2.24) is 9.38 Å². The number of hydrogen-bond donors (Lipinski definition) is 2. The van der Waals surface area contributed by atoms with Crippen LogP contribution in [0.3, 0.4) is 0 Å². The first-order chi connectivity index (χ1) is 23.3. The number of nitrogens with zero attached hydrogens (tertiary/aromatic N) is 3. The molecule has 2 aromatic carbocycles. The average molecular weight is 674 g/mol. The molecule has 0 amide bonds. The third-order valence-corrected chi connectivity index (χ3v) is 9.73. The molecule has 1 fully saturated rings. The van der Waals surface area contributed by atoms with Crippen molar-refractivity contribution in [2.24, 2.45) is 0 Å². The molecule has 49 heavy (non-hydrogen) atoms. The third kappa shape index (κ3) is 7.32. The highest BCUT2D eigenvalue weighted by molar-refractivity contribution is 5.82. The van der Waals surface area contributed by atoms with Crippen LogP contribution in [-0.4, -0.2) is 62.6 Å². The minimum Gasteiger partial charge on any atom is -0.490 e. The molecule has 0 spiro atoms. The molecule has 2 aromatic heterocycles. The van der Waals surface area contributed by atoms with Gasteiger partial charge < -0.3 is 29.3 Å². The van der Waals surface area contributed by atoms with Gasteiger partial charge in [0.25, 0.3) is 0 Å². The van der Waals surface area contributed by atoms with Gasteiger partial charge in [0.15, 0.2) is 6.10 Å². The van der Waals surface area contributed by atoms with E-state index < -0.39 is 17.7 Å². The Morgan fingerprint density at radius 2 is 1.88 bits per heavy atom. The number of carboxylic acids is 1. The van der Waals surface area contributed by atoms with E-state index in [0.29, 0.717) is 64.9 Å². The number of rotatable bonds is 4. The molecule has 10 heteroatoms. The molecule has 2 N–H and O–H groups in total. The fourth-order valence-electron chi connectivity index (χ4n) is 7.07. The van der Waals surface area contributed by atoms with Gasteiger partial charge >= 0.3 is 5.97 Å². The molecule has 3 aliphatic heterocycles. The van der Waals surface area contributed by atoms with Crippen molar-refractivity contribution in [2.75, 3.05) is 24.6 Å². The van der Waals surface area contributed by atoms with E-state index in [1.807, 2.05) is 69.5 Å². The molecule has 6 bridgehead atoms. The van der Waals surface area contributed by atoms with Gasteiger partial charge in [0.05, 0.1) is 29.6 Å². The zero-order valence-corrected chi connectivity index (χ0v) is 29.4. The third-order valence-electron chi connectivity index (χ3n) is 9.73. The number of pyridine rings is 1. The molecular formula is C39H48FN3O6. The lowest BCUT2D eigenvalue weighted by Gasteiger charge is -2.42. The van der Waals surface area contributed by atoms with Gasteiger partial charge in [-0.25, -0.2) is 14.2 Å². The van der Waals surface area contributed by atoms with Crippen molar-refractivity contribution < 1.29 is 33.6 Å². The van der Waals surface area contributed by atoms with Crippen LogP contribution in [0.5, 0.6) is 5.75 Å². The van der Waals surface area contributed by atoms with Crippen LogP contribution < -0.4 is 9.64 Å². The number of ether oxygens (including phenoxy) is 3. The molecule has 0 radical (unpaired) electrons. The van der Waals surface area contributed by atoms with Crippen LogP contribution in [0.25, 0.3) is 28.0 Å². The second kappa shape index (κ2) is 13.7. The first-order valence-electron chi connectivity index (χ1n) is 17.3. The highest BCUT2D eigenvalue weighted by Crippen LogP contribution is 2.42. The van der Waals surface area contributed by atoms with Gasteiger partial charge in [-0.2, -0.15) is 0 Å². The second-order valence-electron chi connectivity index (χ2n) is 14.7. The van der Waals surface area contributed by atoms with E-state index in [9.17, 15) is 19.4 Å². The van der Waals surface area contributed by atoms with E-state index in [-0.39, 0.29) is 24.1 Å². The number of piperidine rings is 1. The number of aliphatic hydroxyl groups is 1. The van der Waals surface area contributed by atoms with E-state index in [0.717, 1.165) is 43.2 Å². The van der Waals surface area contributed by atoms with Crippen molar-refractivity contribution in [3.8, 4) is 28.1 Å². The molecule has 7 rings (SSSR count). The largest absolute Gasteiger partial charge is 0.490 e. The highest BCUT2D eigenvalue weighted by atomic mass is 19.1. The number of hydrogen-bond acceptors (Lipinski definition) is 7. The number of anilines is 1. The maximum absolute atomic E-state index is 14.7.